The average molecular weight is 246 g/mol. The highest BCUT2D eigenvalue weighted by atomic mass is 16.5. The van der Waals surface area contributed by atoms with Gasteiger partial charge < -0.3 is 10.1 Å². The monoisotopic (exact) mass is 246 g/mol. The molecule has 1 aliphatic carbocycles. The highest BCUT2D eigenvalue weighted by Crippen LogP contribution is 2.40. The first-order valence-electron chi connectivity index (χ1n) is 7.05. The van der Waals surface area contributed by atoms with Crippen LogP contribution in [0.4, 0.5) is 5.69 Å². The highest BCUT2D eigenvalue weighted by molar-refractivity contribution is 5.41. The van der Waals surface area contributed by atoms with Crippen LogP contribution in [-0.4, -0.2) is 24.2 Å². The molecule has 3 heteroatoms. The van der Waals surface area contributed by atoms with E-state index in [9.17, 15) is 0 Å². The first-order chi connectivity index (χ1) is 8.74. The molecule has 1 aromatic heterocycles. The molecule has 2 fully saturated rings. The Hall–Kier alpha value is -1.09. The van der Waals surface area contributed by atoms with Gasteiger partial charge in [-0.25, -0.2) is 0 Å². The number of nitrogens with one attached hydrogen (secondary N) is 1. The van der Waals surface area contributed by atoms with E-state index in [1.165, 1.54) is 12.8 Å². The van der Waals surface area contributed by atoms with Gasteiger partial charge in [0.25, 0.3) is 0 Å². The molecular formula is C15H22N2O. The minimum atomic E-state index is 0.498. The van der Waals surface area contributed by atoms with Crippen molar-refractivity contribution in [1.82, 2.24) is 4.98 Å². The minimum Gasteiger partial charge on any atom is -0.383 e. The number of rotatable bonds is 4. The van der Waals surface area contributed by atoms with Crippen LogP contribution in [0.3, 0.4) is 0 Å². The second-order valence-electron chi connectivity index (χ2n) is 5.90. The maximum Gasteiger partial charge on any atom is 0.0670 e. The van der Waals surface area contributed by atoms with E-state index in [0.717, 1.165) is 30.5 Å². The predicted molar refractivity (Wildman–Crippen MR) is 72.8 cm³/mol. The normalized spacial score (nSPS) is 30.1. The molecule has 1 N–H and O–H groups in total. The van der Waals surface area contributed by atoms with Gasteiger partial charge in [0.15, 0.2) is 0 Å². The van der Waals surface area contributed by atoms with Gasteiger partial charge in [-0.15, -0.1) is 0 Å². The lowest BCUT2D eigenvalue weighted by atomic mass is 9.96. The largest absolute Gasteiger partial charge is 0.383 e. The molecule has 2 heterocycles. The second kappa shape index (κ2) is 4.88. The summed E-state index contributed by atoms with van der Waals surface area (Å²) < 4.78 is 5.65. The highest BCUT2D eigenvalue weighted by Gasteiger charge is 2.43. The van der Waals surface area contributed by atoms with Gasteiger partial charge in [0.05, 0.1) is 24.6 Å². The maximum absolute atomic E-state index is 5.65. The number of anilines is 1. The molecule has 1 aliphatic heterocycles. The van der Waals surface area contributed by atoms with E-state index in [4.69, 9.17) is 4.74 Å². The molecule has 0 aromatic carbocycles. The van der Waals surface area contributed by atoms with Gasteiger partial charge in [-0.3, -0.25) is 4.98 Å². The van der Waals surface area contributed by atoms with Crippen molar-refractivity contribution in [2.24, 2.45) is 11.8 Å². The van der Waals surface area contributed by atoms with Crippen LogP contribution in [0.15, 0.2) is 18.3 Å². The quantitative estimate of drug-likeness (QED) is 0.886. The van der Waals surface area contributed by atoms with E-state index in [1.54, 1.807) is 0 Å². The van der Waals surface area contributed by atoms with E-state index in [0.29, 0.717) is 17.9 Å². The Morgan fingerprint density at radius 1 is 1.39 bits per heavy atom. The van der Waals surface area contributed by atoms with Gasteiger partial charge in [0, 0.05) is 24.1 Å². The molecule has 0 spiro atoms. The molecule has 3 rings (SSSR count). The Morgan fingerprint density at radius 3 is 2.83 bits per heavy atom. The Labute approximate surface area is 109 Å². The summed E-state index contributed by atoms with van der Waals surface area (Å²) in [5.41, 5.74) is 2.28. The standard InChI is InChI=1S/C15H22N2O/c1-10(2)14-6-5-13(8-17-14)16-7-11-3-4-12-9-18-15(11)12/h5-6,8,10-12,15-16H,3-4,7,9H2,1-2H3. The summed E-state index contributed by atoms with van der Waals surface area (Å²) in [4.78, 5) is 4.48. The van der Waals surface area contributed by atoms with Gasteiger partial charge in [0.1, 0.15) is 0 Å². The number of hydrogen-bond donors (Lipinski definition) is 1. The predicted octanol–water partition coefficient (Wildman–Crippen LogP) is 3.04. The molecule has 98 valence electrons. The lowest BCUT2D eigenvalue weighted by molar-refractivity contribution is -0.112. The van der Waals surface area contributed by atoms with Crippen LogP contribution >= 0.6 is 0 Å². The minimum absolute atomic E-state index is 0.498. The summed E-state index contributed by atoms with van der Waals surface area (Å²) in [6, 6.07) is 4.25. The van der Waals surface area contributed by atoms with Crippen molar-refractivity contribution < 1.29 is 4.74 Å². The van der Waals surface area contributed by atoms with Crippen molar-refractivity contribution in [1.29, 1.82) is 0 Å². The zero-order valence-electron chi connectivity index (χ0n) is 11.2. The summed E-state index contributed by atoms with van der Waals surface area (Å²) in [6.45, 7) is 6.35. The molecule has 3 nitrogen and oxygen atoms in total. The van der Waals surface area contributed by atoms with Gasteiger partial charge in [-0.1, -0.05) is 13.8 Å². The molecule has 2 aliphatic rings. The number of fused-ring (bicyclic) bond motifs is 1. The van der Waals surface area contributed by atoms with E-state index in [1.807, 2.05) is 6.20 Å². The topological polar surface area (TPSA) is 34.1 Å². The van der Waals surface area contributed by atoms with Crippen molar-refractivity contribution in [2.75, 3.05) is 18.5 Å². The van der Waals surface area contributed by atoms with Crippen molar-refractivity contribution in [3.63, 3.8) is 0 Å². The molecular weight excluding hydrogens is 224 g/mol. The third-order valence-electron chi connectivity index (χ3n) is 4.29. The van der Waals surface area contributed by atoms with Crippen molar-refractivity contribution >= 4 is 5.69 Å². The fourth-order valence-electron chi connectivity index (χ4n) is 3.02. The molecule has 1 saturated carbocycles. The first-order valence-corrected chi connectivity index (χ1v) is 7.05. The number of ether oxygens (including phenoxy) is 1. The van der Waals surface area contributed by atoms with Gasteiger partial charge in [0.2, 0.25) is 0 Å². The molecule has 0 amide bonds. The Bertz CT molecular complexity index is 401. The zero-order valence-corrected chi connectivity index (χ0v) is 11.2. The maximum atomic E-state index is 5.65. The Kier molecular flexibility index (Phi) is 3.25. The van der Waals surface area contributed by atoms with Gasteiger partial charge in [-0.2, -0.15) is 0 Å². The van der Waals surface area contributed by atoms with Crippen LogP contribution in [0.25, 0.3) is 0 Å². The van der Waals surface area contributed by atoms with Crippen LogP contribution in [0.5, 0.6) is 0 Å². The van der Waals surface area contributed by atoms with Crippen LogP contribution in [0.2, 0.25) is 0 Å². The van der Waals surface area contributed by atoms with Crippen molar-refractivity contribution in [3.8, 4) is 0 Å². The Morgan fingerprint density at radius 2 is 2.28 bits per heavy atom. The van der Waals surface area contributed by atoms with Gasteiger partial charge >= 0.3 is 0 Å². The molecule has 3 unspecified atom stereocenters. The smallest absolute Gasteiger partial charge is 0.0670 e. The van der Waals surface area contributed by atoms with Crippen LogP contribution in [0, 0.1) is 11.8 Å². The van der Waals surface area contributed by atoms with E-state index in [2.05, 4.69) is 36.3 Å². The van der Waals surface area contributed by atoms with E-state index >= 15 is 0 Å². The average Bonchev–Trinajstić information content (AvgIpc) is 2.61. The molecule has 1 aromatic rings. The third kappa shape index (κ3) is 2.24. The number of aromatic nitrogens is 1. The number of pyridine rings is 1. The molecule has 3 atom stereocenters. The summed E-state index contributed by atoms with van der Waals surface area (Å²) in [7, 11) is 0. The SMILES string of the molecule is CC(C)c1ccc(NCC2CCC3COC23)cn1. The third-order valence-corrected chi connectivity index (χ3v) is 4.29. The summed E-state index contributed by atoms with van der Waals surface area (Å²) in [5.74, 6) is 2.03. The molecule has 1 saturated heterocycles. The van der Waals surface area contributed by atoms with Crippen LogP contribution in [0.1, 0.15) is 38.3 Å². The van der Waals surface area contributed by atoms with E-state index in [-0.39, 0.29) is 0 Å². The second-order valence-corrected chi connectivity index (χ2v) is 5.90. The van der Waals surface area contributed by atoms with Crippen LogP contribution < -0.4 is 5.32 Å². The summed E-state index contributed by atoms with van der Waals surface area (Å²) in [6.07, 6.45) is 5.13. The summed E-state index contributed by atoms with van der Waals surface area (Å²) in [5, 5.41) is 3.50. The molecule has 0 radical (unpaired) electrons. The van der Waals surface area contributed by atoms with E-state index < -0.39 is 0 Å². The molecule has 18 heavy (non-hydrogen) atoms. The summed E-state index contributed by atoms with van der Waals surface area (Å²) >= 11 is 0. The fraction of sp³-hybridized carbons (Fsp3) is 0.667. The van der Waals surface area contributed by atoms with Gasteiger partial charge in [-0.05, 0) is 30.9 Å². The number of nitrogens with zero attached hydrogens (tertiary/aromatic N) is 1. The van der Waals surface area contributed by atoms with Crippen molar-refractivity contribution in [3.05, 3.63) is 24.0 Å². The molecule has 0 bridgehead atoms. The van der Waals surface area contributed by atoms with Crippen LogP contribution in [-0.2, 0) is 4.74 Å². The zero-order chi connectivity index (χ0) is 12.5. The first kappa shape index (κ1) is 12.0. The number of hydrogen-bond acceptors (Lipinski definition) is 3. The van der Waals surface area contributed by atoms with Crippen molar-refractivity contribution in [2.45, 2.75) is 38.7 Å². The fourth-order valence-corrected chi connectivity index (χ4v) is 3.02. The Balaban J connectivity index is 1.53. The lowest BCUT2D eigenvalue weighted by Gasteiger charge is -2.34. The lowest BCUT2D eigenvalue weighted by Crippen LogP contribution is -2.41.